The van der Waals surface area contributed by atoms with Crippen LogP contribution in [0.3, 0.4) is 0 Å². The minimum atomic E-state index is 0. The maximum atomic E-state index is 5.35. The highest BCUT2D eigenvalue weighted by molar-refractivity contribution is 8.93. The molecule has 0 aliphatic carbocycles. The van der Waals surface area contributed by atoms with Gasteiger partial charge in [-0.1, -0.05) is 0 Å². The van der Waals surface area contributed by atoms with Crippen LogP contribution in [0.2, 0.25) is 0 Å². The molecule has 0 fully saturated rings. The molecule has 0 aromatic rings. The van der Waals surface area contributed by atoms with Crippen LogP contribution >= 0.6 is 28.6 Å². The van der Waals surface area contributed by atoms with E-state index in [4.69, 9.17) is 11.6 Å². The fraction of sp³-hybridized carbons (Fsp3) is 1.00. The van der Waals surface area contributed by atoms with E-state index in [2.05, 4.69) is 0 Å². The highest BCUT2D eigenvalue weighted by Gasteiger charge is 1.81. The minimum absolute atomic E-state index is 0. The largest absolute Gasteiger partial charge is 0.308 e. The highest BCUT2D eigenvalue weighted by atomic mass is 79.9. The van der Waals surface area contributed by atoms with Gasteiger partial charge in [-0.2, -0.15) is 0 Å². The van der Waals surface area contributed by atoms with E-state index in [0.717, 1.165) is 12.4 Å². The lowest BCUT2D eigenvalue weighted by Crippen LogP contribution is -2.13. The Labute approximate surface area is 60.4 Å². The van der Waals surface area contributed by atoms with Crippen molar-refractivity contribution in [3.8, 4) is 0 Å². The Balaban J connectivity index is 0. The third kappa shape index (κ3) is 10.8. The molecule has 0 spiro atoms. The SMILES string of the molecule is Br.CN(C)CCCl. The lowest BCUT2D eigenvalue weighted by atomic mass is 10.7. The molecule has 0 aromatic carbocycles. The summed E-state index contributed by atoms with van der Waals surface area (Å²) < 4.78 is 0. The lowest BCUT2D eigenvalue weighted by Gasteiger charge is -2.02. The third-order valence-corrected chi connectivity index (χ3v) is 0.701. The quantitative estimate of drug-likeness (QED) is 0.592. The normalized spacial score (nSPS) is 8.57. The van der Waals surface area contributed by atoms with Crippen molar-refractivity contribution in [3.05, 3.63) is 0 Å². The monoisotopic (exact) mass is 187 g/mol. The second-order valence-electron chi connectivity index (χ2n) is 1.49. The van der Waals surface area contributed by atoms with Crippen LogP contribution in [0.15, 0.2) is 0 Å². The maximum absolute atomic E-state index is 5.35. The highest BCUT2D eigenvalue weighted by Crippen LogP contribution is 1.75. The Morgan fingerprint density at radius 3 is 1.86 bits per heavy atom. The minimum Gasteiger partial charge on any atom is -0.308 e. The van der Waals surface area contributed by atoms with E-state index in [1.54, 1.807) is 0 Å². The van der Waals surface area contributed by atoms with Crippen molar-refractivity contribution in [1.29, 1.82) is 0 Å². The van der Waals surface area contributed by atoms with E-state index in [1.807, 2.05) is 19.0 Å². The summed E-state index contributed by atoms with van der Waals surface area (Å²) in [5, 5.41) is 0. The van der Waals surface area contributed by atoms with Gasteiger partial charge in [0.1, 0.15) is 0 Å². The number of halogens is 2. The van der Waals surface area contributed by atoms with Crippen LogP contribution in [-0.4, -0.2) is 31.4 Å². The molecule has 0 heterocycles. The lowest BCUT2D eigenvalue weighted by molar-refractivity contribution is 0.436. The smallest absolute Gasteiger partial charge is 0.0350 e. The summed E-state index contributed by atoms with van der Waals surface area (Å²) in [6, 6.07) is 0. The number of nitrogens with zero attached hydrogens (tertiary/aromatic N) is 1. The topological polar surface area (TPSA) is 3.24 Å². The summed E-state index contributed by atoms with van der Waals surface area (Å²) in [5.41, 5.74) is 0. The third-order valence-electron chi connectivity index (χ3n) is 0.532. The second-order valence-corrected chi connectivity index (χ2v) is 1.87. The average Bonchev–Trinajstić information content (AvgIpc) is 1.35. The molecule has 1 nitrogen and oxygen atoms in total. The molecule has 0 aliphatic rings. The van der Waals surface area contributed by atoms with Crippen LogP contribution in [0.1, 0.15) is 0 Å². The summed E-state index contributed by atoms with van der Waals surface area (Å²) in [6.45, 7) is 0.974. The molecule has 0 aliphatic heterocycles. The van der Waals surface area contributed by atoms with Crippen molar-refractivity contribution in [3.63, 3.8) is 0 Å². The molecular formula is C4H11BrClN. The van der Waals surface area contributed by atoms with Crippen LogP contribution < -0.4 is 0 Å². The van der Waals surface area contributed by atoms with Crippen LogP contribution in [0, 0.1) is 0 Å². The molecule has 0 radical (unpaired) electrons. The molecule has 0 saturated carbocycles. The Morgan fingerprint density at radius 1 is 1.43 bits per heavy atom. The zero-order valence-corrected chi connectivity index (χ0v) is 7.12. The molecule has 0 rings (SSSR count). The summed E-state index contributed by atoms with van der Waals surface area (Å²) in [7, 11) is 4.00. The Morgan fingerprint density at radius 2 is 1.86 bits per heavy atom. The first-order valence-electron chi connectivity index (χ1n) is 1.98. The molecule has 7 heavy (non-hydrogen) atoms. The van der Waals surface area contributed by atoms with Gasteiger partial charge in [-0.25, -0.2) is 0 Å². The maximum Gasteiger partial charge on any atom is 0.0350 e. The first-order valence-corrected chi connectivity index (χ1v) is 2.51. The number of hydrogen-bond acceptors (Lipinski definition) is 1. The fourth-order valence-corrected chi connectivity index (χ4v) is 0.507. The zero-order valence-electron chi connectivity index (χ0n) is 4.65. The molecule has 0 bridgehead atoms. The molecule has 0 amide bonds. The molecule has 46 valence electrons. The molecule has 3 heteroatoms. The van der Waals surface area contributed by atoms with Crippen molar-refractivity contribution >= 4 is 28.6 Å². The number of alkyl halides is 1. The Hall–Kier alpha value is 0.730. The first kappa shape index (κ1) is 10.7. The predicted molar refractivity (Wildman–Crippen MR) is 39.6 cm³/mol. The number of hydrogen-bond donors (Lipinski definition) is 0. The second kappa shape index (κ2) is 6.73. The van der Waals surface area contributed by atoms with E-state index in [9.17, 15) is 0 Å². The van der Waals surface area contributed by atoms with Gasteiger partial charge in [0, 0.05) is 12.4 Å². The number of rotatable bonds is 2. The standard InChI is InChI=1S/C4H10ClN.BrH/c1-6(2)4-3-5;/h3-4H2,1-2H3;1H. The zero-order chi connectivity index (χ0) is 4.99. The summed E-state index contributed by atoms with van der Waals surface area (Å²) in [4.78, 5) is 2.05. The predicted octanol–water partition coefficient (Wildman–Crippen LogP) is 1.36. The van der Waals surface area contributed by atoms with E-state index in [-0.39, 0.29) is 17.0 Å². The van der Waals surface area contributed by atoms with Gasteiger partial charge in [-0.15, -0.1) is 28.6 Å². The van der Waals surface area contributed by atoms with E-state index in [0.29, 0.717) is 0 Å². The molecule has 0 unspecified atom stereocenters. The van der Waals surface area contributed by atoms with Crippen LogP contribution in [0.5, 0.6) is 0 Å². The molecule has 0 atom stereocenters. The summed E-state index contributed by atoms with van der Waals surface area (Å²) >= 11 is 5.35. The molecule has 0 aromatic heterocycles. The van der Waals surface area contributed by atoms with Crippen LogP contribution in [-0.2, 0) is 0 Å². The van der Waals surface area contributed by atoms with Crippen molar-refractivity contribution in [2.24, 2.45) is 0 Å². The van der Waals surface area contributed by atoms with E-state index < -0.39 is 0 Å². The van der Waals surface area contributed by atoms with Gasteiger partial charge in [-0.05, 0) is 14.1 Å². The Bertz CT molecular complexity index is 32.9. The van der Waals surface area contributed by atoms with Crippen LogP contribution in [0.4, 0.5) is 0 Å². The fourth-order valence-electron chi connectivity index (χ4n) is 0.169. The van der Waals surface area contributed by atoms with Gasteiger partial charge < -0.3 is 4.90 Å². The van der Waals surface area contributed by atoms with Crippen molar-refractivity contribution in [1.82, 2.24) is 4.90 Å². The van der Waals surface area contributed by atoms with Crippen molar-refractivity contribution < 1.29 is 0 Å². The van der Waals surface area contributed by atoms with Gasteiger partial charge in [0.05, 0.1) is 0 Å². The summed E-state index contributed by atoms with van der Waals surface area (Å²) in [5.74, 6) is 0.729. The van der Waals surface area contributed by atoms with E-state index >= 15 is 0 Å². The van der Waals surface area contributed by atoms with Gasteiger partial charge in [-0.3, -0.25) is 0 Å². The molecular weight excluding hydrogens is 177 g/mol. The van der Waals surface area contributed by atoms with Gasteiger partial charge in [0.25, 0.3) is 0 Å². The molecule has 0 saturated heterocycles. The van der Waals surface area contributed by atoms with Gasteiger partial charge >= 0.3 is 0 Å². The summed E-state index contributed by atoms with van der Waals surface area (Å²) in [6.07, 6.45) is 0. The Kier molecular flexibility index (Phi) is 10.3. The van der Waals surface area contributed by atoms with Gasteiger partial charge in [0.2, 0.25) is 0 Å². The first-order chi connectivity index (χ1) is 2.77. The van der Waals surface area contributed by atoms with Crippen molar-refractivity contribution in [2.45, 2.75) is 0 Å². The molecule has 0 N–H and O–H groups in total. The van der Waals surface area contributed by atoms with Gasteiger partial charge in [0.15, 0.2) is 0 Å². The average molecular weight is 188 g/mol. The van der Waals surface area contributed by atoms with E-state index in [1.165, 1.54) is 0 Å². The van der Waals surface area contributed by atoms with Crippen LogP contribution in [0.25, 0.3) is 0 Å². The van der Waals surface area contributed by atoms with Crippen molar-refractivity contribution in [2.75, 3.05) is 26.5 Å².